The van der Waals surface area contributed by atoms with E-state index in [1.807, 2.05) is 0 Å². The topological polar surface area (TPSA) is 92.5 Å². The van der Waals surface area contributed by atoms with Gasteiger partial charge in [0.1, 0.15) is 0 Å². The van der Waals surface area contributed by atoms with Crippen LogP contribution in [0.1, 0.15) is 30.6 Å². The number of hydrogen-bond acceptors (Lipinski definition) is 4. The first-order chi connectivity index (χ1) is 10.2. The second kappa shape index (κ2) is 5.98. The number of nitrogens with two attached hydrogens (primary N) is 1. The molecule has 122 valence electrons. The lowest BCUT2D eigenvalue weighted by Crippen LogP contribution is -2.54. The van der Waals surface area contributed by atoms with Gasteiger partial charge in [0.2, 0.25) is 10.0 Å². The summed E-state index contributed by atoms with van der Waals surface area (Å²) in [6, 6.07) is 6.07. The summed E-state index contributed by atoms with van der Waals surface area (Å²) >= 11 is 0. The highest BCUT2D eigenvalue weighted by Crippen LogP contribution is 2.28. The standard InChI is InChI=1S/C15H23N3O3S/c1-15(2)10-18(9-8-13(15)16)14(19)11-4-6-12(7-5-11)22(20,21)17-3/h4-7,13,17H,8-10,16H2,1-3H3. The first-order valence-electron chi connectivity index (χ1n) is 7.26. The predicted octanol–water partition coefficient (Wildman–Crippen LogP) is 0.794. The van der Waals surface area contributed by atoms with Crippen LogP contribution < -0.4 is 10.5 Å². The summed E-state index contributed by atoms with van der Waals surface area (Å²) in [5, 5.41) is 0. The second-order valence-electron chi connectivity index (χ2n) is 6.34. The van der Waals surface area contributed by atoms with Crippen molar-refractivity contribution in [1.29, 1.82) is 0 Å². The Kier molecular flexibility index (Phi) is 4.60. The van der Waals surface area contributed by atoms with Gasteiger partial charge in [-0.15, -0.1) is 0 Å². The Morgan fingerprint density at radius 2 is 1.91 bits per heavy atom. The fourth-order valence-electron chi connectivity index (χ4n) is 2.62. The van der Waals surface area contributed by atoms with E-state index in [-0.39, 0.29) is 22.3 Å². The Balaban J connectivity index is 2.17. The maximum Gasteiger partial charge on any atom is 0.253 e. The van der Waals surface area contributed by atoms with Crippen molar-refractivity contribution in [3.8, 4) is 0 Å². The van der Waals surface area contributed by atoms with Gasteiger partial charge in [0.25, 0.3) is 5.91 Å². The van der Waals surface area contributed by atoms with Gasteiger partial charge in [0, 0.05) is 24.7 Å². The molecule has 1 atom stereocenters. The molecule has 0 bridgehead atoms. The lowest BCUT2D eigenvalue weighted by atomic mass is 9.79. The van der Waals surface area contributed by atoms with Crippen LogP contribution in [0.2, 0.25) is 0 Å². The van der Waals surface area contributed by atoms with Gasteiger partial charge < -0.3 is 10.6 Å². The van der Waals surface area contributed by atoms with Crippen LogP contribution in [0.3, 0.4) is 0 Å². The lowest BCUT2D eigenvalue weighted by Gasteiger charge is -2.42. The third kappa shape index (κ3) is 3.31. The van der Waals surface area contributed by atoms with Crippen LogP contribution in [0.4, 0.5) is 0 Å². The molecule has 22 heavy (non-hydrogen) atoms. The van der Waals surface area contributed by atoms with Gasteiger partial charge >= 0.3 is 0 Å². The molecule has 0 spiro atoms. The summed E-state index contributed by atoms with van der Waals surface area (Å²) in [6.07, 6.45) is 0.769. The average Bonchev–Trinajstić information content (AvgIpc) is 2.49. The number of hydrogen-bond donors (Lipinski definition) is 2. The molecule has 1 unspecified atom stereocenters. The summed E-state index contributed by atoms with van der Waals surface area (Å²) in [7, 11) is -2.13. The minimum atomic E-state index is -3.48. The Morgan fingerprint density at radius 1 is 1.32 bits per heavy atom. The minimum Gasteiger partial charge on any atom is -0.338 e. The first kappa shape index (κ1) is 16.9. The van der Waals surface area contributed by atoms with Crippen molar-refractivity contribution in [2.75, 3.05) is 20.1 Å². The highest BCUT2D eigenvalue weighted by Gasteiger charge is 2.35. The van der Waals surface area contributed by atoms with Crippen molar-refractivity contribution in [3.05, 3.63) is 29.8 Å². The lowest BCUT2D eigenvalue weighted by molar-refractivity contribution is 0.0533. The Labute approximate surface area is 131 Å². The summed E-state index contributed by atoms with van der Waals surface area (Å²) in [5.41, 5.74) is 6.45. The molecule has 3 N–H and O–H groups in total. The van der Waals surface area contributed by atoms with E-state index in [2.05, 4.69) is 18.6 Å². The number of nitrogens with zero attached hydrogens (tertiary/aromatic N) is 1. The largest absolute Gasteiger partial charge is 0.338 e. The van der Waals surface area contributed by atoms with Crippen LogP contribution >= 0.6 is 0 Å². The molecule has 0 aliphatic carbocycles. The van der Waals surface area contributed by atoms with Gasteiger partial charge in [-0.05, 0) is 43.1 Å². The molecule has 2 rings (SSSR count). The van der Waals surface area contributed by atoms with Crippen LogP contribution in [0.25, 0.3) is 0 Å². The normalized spacial score (nSPS) is 21.6. The molecule has 1 amide bonds. The van der Waals surface area contributed by atoms with Crippen molar-refractivity contribution in [2.24, 2.45) is 11.1 Å². The number of nitrogens with one attached hydrogen (secondary N) is 1. The smallest absolute Gasteiger partial charge is 0.253 e. The van der Waals surface area contributed by atoms with Crippen LogP contribution in [-0.2, 0) is 10.0 Å². The molecule has 1 fully saturated rings. The third-order valence-corrected chi connectivity index (χ3v) is 5.71. The van der Waals surface area contributed by atoms with Gasteiger partial charge in [-0.1, -0.05) is 13.8 Å². The predicted molar refractivity (Wildman–Crippen MR) is 85.0 cm³/mol. The van der Waals surface area contributed by atoms with Crippen LogP contribution in [0.15, 0.2) is 29.2 Å². The molecular weight excluding hydrogens is 302 g/mol. The van der Waals surface area contributed by atoms with E-state index in [0.717, 1.165) is 6.42 Å². The SMILES string of the molecule is CNS(=O)(=O)c1ccc(C(=O)N2CCC(N)C(C)(C)C2)cc1. The molecule has 0 saturated carbocycles. The third-order valence-electron chi connectivity index (χ3n) is 4.28. The number of rotatable bonds is 3. The zero-order chi connectivity index (χ0) is 16.5. The van der Waals surface area contributed by atoms with Crippen molar-refractivity contribution in [3.63, 3.8) is 0 Å². The average molecular weight is 325 g/mol. The number of carbonyl (C=O) groups excluding carboxylic acids is 1. The first-order valence-corrected chi connectivity index (χ1v) is 8.74. The van der Waals surface area contributed by atoms with Gasteiger partial charge in [0.15, 0.2) is 0 Å². The fourth-order valence-corrected chi connectivity index (χ4v) is 3.35. The molecule has 1 aromatic carbocycles. The molecular formula is C15H23N3O3S. The van der Waals surface area contributed by atoms with Gasteiger partial charge in [-0.25, -0.2) is 13.1 Å². The number of likely N-dealkylation sites (tertiary alicyclic amines) is 1. The van der Waals surface area contributed by atoms with Gasteiger partial charge in [-0.2, -0.15) is 0 Å². The van der Waals surface area contributed by atoms with Crippen molar-refractivity contribution in [2.45, 2.75) is 31.2 Å². The van der Waals surface area contributed by atoms with E-state index in [1.54, 1.807) is 17.0 Å². The van der Waals surface area contributed by atoms with E-state index in [4.69, 9.17) is 5.73 Å². The number of benzene rings is 1. The fraction of sp³-hybridized carbons (Fsp3) is 0.533. The van der Waals surface area contributed by atoms with Crippen molar-refractivity contribution in [1.82, 2.24) is 9.62 Å². The van der Waals surface area contributed by atoms with Crippen molar-refractivity contribution < 1.29 is 13.2 Å². The van der Waals surface area contributed by atoms with Crippen LogP contribution in [-0.4, -0.2) is 45.4 Å². The molecule has 0 radical (unpaired) electrons. The molecule has 6 nitrogen and oxygen atoms in total. The van der Waals surface area contributed by atoms with Crippen LogP contribution in [0, 0.1) is 5.41 Å². The Bertz CT molecular complexity index is 653. The molecule has 1 aliphatic rings. The van der Waals surface area contributed by atoms with Gasteiger partial charge in [-0.3, -0.25) is 4.79 Å². The van der Waals surface area contributed by atoms with E-state index >= 15 is 0 Å². The summed E-state index contributed by atoms with van der Waals surface area (Å²) < 4.78 is 25.6. The Hall–Kier alpha value is -1.44. The molecule has 7 heteroatoms. The van der Waals surface area contributed by atoms with Crippen molar-refractivity contribution >= 4 is 15.9 Å². The van der Waals surface area contributed by atoms with E-state index in [9.17, 15) is 13.2 Å². The zero-order valence-electron chi connectivity index (χ0n) is 13.2. The van der Waals surface area contributed by atoms with E-state index < -0.39 is 10.0 Å². The maximum absolute atomic E-state index is 12.5. The second-order valence-corrected chi connectivity index (χ2v) is 8.23. The highest BCUT2D eigenvalue weighted by molar-refractivity contribution is 7.89. The number of carbonyl (C=O) groups is 1. The molecule has 0 aromatic heterocycles. The van der Waals surface area contributed by atoms with E-state index in [0.29, 0.717) is 18.7 Å². The number of piperidine rings is 1. The summed E-state index contributed by atoms with van der Waals surface area (Å²) in [5.74, 6) is -0.0895. The van der Waals surface area contributed by atoms with Gasteiger partial charge in [0.05, 0.1) is 4.90 Å². The molecule has 1 aliphatic heterocycles. The number of amides is 1. The molecule has 1 aromatic rings. The highest BCUT2D eigenvalue weighted by atomic mass is 32.2. The molecule has 1 heterocycles. The summed E-state index contributed by atoms with van der Waals surface area (Å²) in [6.45, 7) is 5.34. The zero-order valence-corrected chi connectivity index (χ0v) is 14.0. The minimum absolute atomic E-state index is 0.0831. The Morgan fingerprint density at radius 3 is 2.41 bits per heavy atom. The quantitative estimate of drug-likeness (QED) is 0.859. The number of sulfonamides is 1. The molecule has 1 saturated heterocycles. The van der Waals surface area contributed by atoms with Crippen LogP contribution in [0.5, 0.6) is 0 Å². The summed E-state index contributed by atoms with van der Waals surface area (Å²) in [4.78, 5) is 14.5. The monoisotopic (exact) mass is 325 g/mol. The maximum atomic E-state index is 12.5. The van der Waals surface area contributed by atoms with E-state index in [1.165, 1.54) is 19.2 Å².